The van der Waals surface area contributed by atoms with E-state index in [4.69, 9.17) is 0 Å². The van der Waals surface area contributed by atoms with Gasteiger partial charge in [0, 0.05) is 11.3 Å². The van der Waals surface area contributed by atoms with E-state index < -0.39 is 23.2 Å². The van der Waals surface area contributed by atoms with Crippen molar-refractivity contribution >= 4 is 0 Å². The molecule has 0 radical (unpaired) electrons. The Morgan fingerprint density at radius 2 is 1.70 bits per heavy atom. The maximum absolute atomic E-state index is 11.6. The summed E-state index contributed by atoms with van der Waals surface area (Å²) in [7, 11) is 0. The monoisotopic (exact) mass is 318 g/mol. The lowest BCUT2D eigenvalue weighted by atomic mass is 9.63. The topological polar surface area (TPSA) is 60.7 Å². The Morgan fingerprint density at radius 3 is 2.39 bits per heavy atom. The van der Waals surface area contributed by atoms with Crippen LogP contribution in [0.1, 0.15) is 52.4 Å². The van der Waals surface area contributed by atoms with Gasteiger partial charge in [-0.2, -0.15) is 0 Å². The zero-order valence-corrected chi connectivity index (χ0v) is 14.4. The van der Waals surface area contributed by atoms with Crippen molar-refractivity contribution in [1.82, 2.24) is 0 Å². The minimum atomic E-state index is -1.28. The Labute approximate surface area is 139 Å². The second kappa shape index (κ2) is 4.50. The summed E-state index contributed by atoms with van der Waals surface area (Å²) >= 11 is 0. The molecule has 3 N–H and O–H groups in total. The predicted octanol–water partition coefficient (Wildman–Crippen LogP) is 2.81. The third kappa shape index (κ3) is 1.71. The number of rotatable bonds is 0. The highest BCUT2D eigenvalue weighted by Gasteiger charge is 2.68. The van der Waals surface area contributed by atoms with Crippen LogP contribution in [-0.4, -0.2) is 33.1 Å². The van der Waals surface area contributed by atoms with E-state index in [1.54, 1.807) is 0 Å². The summed E-state index contributed by atoms with van der Waals surface area (Å²) in [5.74, 6) is 0.711. The molecule has 4 aliphatic rings. The first-order chi connectivity index (χ1) is 10.6. The van der Waals surface area contributed by atoms with Crippen LogP contribution in [0.3, 0.4) is 0 Å². The van der Waals surface area contributed by atoms with Crippen molar-refractivity contribution in [1.29, 1.82) is 0 Å². The van der Waals surface area contributed by atoms with Crippen molar-refractivity contribution in [2.75, 3.05) is 0 Å². The Kier molecular flexibility index (Phi) is 3.10. The zero-order valence-electron chi connectivity index (χ0n) is 14.4. The summed E-state index contributed by atoms with van der Waals surface area (Å²) in [5, 5.41) is 33.2. The summed E-state index contributed by atoms with van der Waals surface area (Å²) in [6, 6.07) is 0. The van der Waals surface area contributed by atoms with Crippen LogP contribution >= 0.6 is 0 Å². The molecule has 4 rings (SSSR count). The van der Waals surface area contributed by atoms with Crippen molar-refractivity contribution in [3.8, 4) is 0 Å². The highest BCUT2D eigenvalue weighted by molar-refractivity contribution is 5.32. The van der Waals surface area contributed by atoms with Crippen molar-refractivity contribution in [3.63, 3.8) is 0 Å². The average Bonchev–Trinajstić information content (AvgIpc) is 2.80. The maximum atomic E-state index is 11.6. The molecule has 23 heavy (non-hydrogen) atoms. The third-order valence-electron chi connectivity index (χ3n) is 8.21. The van der Waals surface area contributed by atoms with Gasteiger partial charge in [0.1, 0.15) is 5.60 Å². The van der Waals surface area contributed by atoms with Crippen LogP contribution in [0.25, 0.3) is 0 Å². The van der Waals surface area contributed by atoms with Crippen molar-refractivity contribution < 1.29 is 15.3 Å². The fourth-order valence-electron chi connectivity index (χ4n) is 6.72. The molecule has 4 saturated carbocycles. The van der Waals surface area contributed by atoms with Crippen molar-refractivity contribution in [2.24, 2.45) is 28.6 Å². The number of aliphatic hydroxyl groups is 3. The molecular formula is C20H30O3. The van der Waals surface area contributed by atoms with Crippen LogP contribution in [0.4, 0.5) is 0 Å². The minimum Gasteiger partial charge on any atom is -0.392 e. The molecule has 4 aliphatic carbocycles. The number of aliphatic hydroxyl groups excluding tert-OH is 2. The molecule has 3 nitrogen and oxygen atoms in total. The molecule has 2 bridgehead atoms. The van der Waals surface area contributed by atoms with Gasteiger partial charge in [-0.1, -0.05) is 38.2 Å². The second-order valence-electron chi connectivity index (χ2n) is 9.37. The van der Waals surface area contributed by atoms with Gasteiger partial charge in [0.05, 0.1) is 12.2 Å². The van der Waals surface area contributed by atoms with Gasteiger partial charge >= 0.3 is 0 Å². The Hall–Kier alpha value is -0.640. The standard InChI is InChI=1S/C20H30O3/c1-11-8-19-9-13(11)5-6-14(19)12(2)15-7-16(21)18(3,4)20(15,23)17(22)10-19/h13-17,21-23H,1-2,5-10H2,3-4H3/t13-,14+,15+,16+,17-,19-,20+/m1/s1. The van der Waals surface area contributed by atoms with Gasteiger partial charge in [0.25, 0.3) is 0 Å². The number of hydrogen-bond acceptors (Lipinski definition) is 3. The highest BCUT2D eigenvalue weighted by Crippen LogP contribution is 2.67. The van der Waals surface area contributed by atoms with Crippen molar-refractivity contribution in [3.05, 3.63) is 24.3 Å². The van der Waals surface area contributed by atoms with Gasteiger partial charge in [-0.25, -0.2) is 0 Å². The highest BCUT2D eigenvalue weighted by atomic mass is 16.3. The Balaban J connectivity index is 1.82. The summed E-state index contributed by atoms with van der Waals surface area (Å²) in [4.78, 5) is 0. The normalized spacial score (nSPS) is 54.6. The van der Waals surface area contributed by atoms with Crippen LogP contribution in [0.5, 0.6) is 0 Å². The molecule has 0 amide bonds. The molecule has 1 spiro atoms. The molecule has 0 aromatic heterocycles. The predicted molar refractivity (Wildman–Crippen MR) is 89.6 cm³/mol. The third-order valence-corrected chi connectivity index (χ3v) is 8.21. The lowest BCUT2D eigenvalue weighted by Crippen LogP contribution is -2.56. The van der Waals surface area contributed by atoms with Crippen LogP contribution in [0, 0.1) is 28.6 Å². The van der Waals surface area contributed by atoms with Crippen LogP contribution in [-0.2, 0) is 0 Å². The molecule has 0 unspecified atom stereocenters. The first-order valence-corrected chi connectivity index (χ1v) is 9.08. The molecule has 0 aromatic rings. The lowest BCUT2D eigenvalue weighted by Gasteiger charge is -2.45. The fraction of sp³-hybridized carbons (Fsp3) is 0.800. The van der Waals surface area contributed by atoms with E-state index in [1.807, 2.05) is 13.8 Å². The largest absolute Gasteiger partial charge is 0.392 e. The molecule has 3 heteroatoms. The Morgan fingerprint density at radius 1 is 1.00 bits per heavy atom. The smallest absolute Gasteiger partial charge is 0.105 e. The summed E-state index contributed by atoms with van der Waals surface area (Å²) < 4.78 is 0. The number of hydrogen-bond donors (Lipinski definition) is 3. The van der Waals surface area contributed by atoms with Gasteiger partial charge in [-0.3, -0.25) is 0 Å². The van der Waals surface area contributed by atoms with Gasteiger partial charge in [0.15, 0.2) is 0 Å². The van der Waals surface area contributed by atoms with Gasteiger partial charge in [-0.05, 0) is 55.8 Å². The van der Waals surface area contributed by atoms with Crippen LogP contribution in [0.15, 0.2) is 24.3 Å². The average molecular weight is 318 g/mol. The van der Waals surface area contributed by atoms with E-state index in [9.17, 15) is 15.3 Å². The summed E-state index contributed by atoms with van der Waals surface area (Å²) in [6.45, 7) is 12.5. The fourth-order valence-corrected chi connectivity index (χ4v) is 6.72. The molecule has 4 fully saturated rings. The molecule has 128 valence electrons. The number of fused-ring (bicyclic) bond motifs is 2. The Bertz CT molecular complexity index is 579. The molecule has 0 heterocycles. The SMILES string of the molecule is C=C1C[C@]23C[C@H]1CC[C@H]2C(=C)[C@@H]1C[C@H](O)C(C)(C)[C@@]1(O)[C@H](O)C3. The number of allylic oxidation sites excluding steroid dienone is 1. The van der Waals surface area contributed by atoms with Gasteiger partial charge in [-0.15, -0.1) is 0 Å². The molecule has 7 atom stereocenters. The maximum Gasteiger partial charge on any atom is 0.105 e. The molecule has 0 saturated heterocycles. The van der Waals surface area contributed by atoms with Crippen molar-refractivity contribution in [2.45, 2.75) is 70.2 Å². The van der Waals surface area contributed by atoms with Gasteiger partial charge < -0.3 is 15.3 Å². The van der Waals surface area contributed by atoms with E-state index in [2.05, 4.69) is 13.2 Å². The zero-order chi connectivity index (χ0) is 16.8. The van der Waals surface area contributed by atoms with E-state index in [-0.39, 0.29) is 11.3 Å². The minimum absolute atomic E-state index is 0.0254. The second-order valence-corrected chi connectivity index (χ2v) is 9.37. The van der Waals surface area contributed by atoms with E-state index in [1.165, 1.54) is 5.57 Å². The summed E-state index contributed by atoms with van der Waals surface area (Å²) in [6.07, 6.45) is 3.98. The first kappa shape index (κ1) is 15.9. The molecule has 0 aliphatic heterocycles. The first-order valence-electron chi connectivity index (χ1n) is 9.08. The lowest BCUT2D eigenvalue weighted by molar-refractivity contribution is -0.169. The van der Waals surface area contributed by atoms with E-state index in [0.29, 0.717) is 24.7 Å². The molecule has 0 aromatic carbocycles. The van der Waals surface area contributed by atoms with Crippen LogP contribution < -0.4 is 0 Å². The molecular weight excluding hydrogens is 288 g/mol. The van der Waals surface area contributed by atoms with Crippen LogP contribution in [0.2, 0.25) is 0 Å². The van der Waals surface area contributed by atoms with E-state index in [0.717, 1.165) is 31.3 Å². The van der Waals surface area contributed by atoms with Gasteiger partial charge in [0.2, 0.25) is 0 Å². The quantitative estimate of drug-likeness (QED) is 0.602. The summed E-state index contributed by atoms with van der Waals surface area (Å²) in [5.41, 5.74) is 0.416. The van der Waals surface area contributed by atoms with E-state index >= 15 is 0 Å².